The fourth-order valence-corrected chi connectivity index (χ4v) is 1.41. The third kappa shape index (κ3) is 2.50. The topological polar surface area (TPSA) is 35.5 Å². The molecule has 1 heterocycles. The van der Waals surface area contributed by atoms with Gasteiger partial charge in [0.05, 0.1) is 0 Å². The van der Waals surface area contributed by atoms with Gasteiger partial charge in [-0.2, -0.15) is 0 Å². The quantitative estimate of drug-likeness (QED) is 0.329. The van der Waals surface area contributed by atoms with Gasteiger partial charge in [0.15, 0.2) is 5.54 Å². The molecule has 6 heteroatoms. The van der Waals surface area contributed by atoms with Crippen molar-refractivity contribution in [2.45, 2.75) is 5.54 Å². The van der Waals surface area contributed by atoms with Crippen LogP contribution >= 0.6 is 67.8 Å². The average molecular weight is 480 g/mol. The van der Waals surface area contributed by atoms with Crippen LogP contribution in [0.4, 0.5) is 4.79 Å². The molecule has 0 aromatic carbocycles. The van der Waals surface area contributed by atoms with E-state index in [-0.39, 0.29) is 5.54 Å². The molecule has 58 valence electrons. The normalized spacial score (nSPS) is 25.9. The monoisotopic (exact) mass is 480 g/mol. The van der Waals surface area contributed by atoms with Crippen molar-refractivity contribution in [3.8, 4) is 0 Å². The minimum Gasteiger partial charge on any atom is -0.430 e. The van der Waals surface area contributed by atoms with Crippen LogP contribution in [0, 0.1) is 0 Å². The smallest absolute Gasteiger partial charge is 0.430 e. The molecular weight excluding hydrogens is 477 g/mol. The second kappa shape index (κ2) is 3.46. The molecule has 1 unspecified atom stereocenters. The van der Waals surface area contributed by atoms with Crippen molar-refractivity contribution in [1.82, 2.24) is 0 Å². The Morgan fingerprint density at radius 3 is 2.30 bits per heavy atom. The van der Waals surface area contributed by atoms with E-state index in [1.54, 1.807) is 0 Å². The number of carbonyl (C=O) groups is 1. The SMILES string of the molecule is O=C1OCC(C(I)(I)I)O1. The Morgan fingerprint density at radius 2 is 2.10 bits per heavy atom. The van der Waals surface area contributed by atoms with Crippen molar-refractivity contribution in [3.63, 3.8) is 0 Å². The van der Waals surface area contributed by atoms with Crippen LogP contribution < -0.4 is 0 Å². The first-order valence-corrected chi connectivity index (χ1v) is 5.64. The maximum absolute atomic E-state index is 10.4. The summed E-state index contributed by atoms with van der Waals surface area (Å²) >= 11 is 6.61. The Balaban J connectivity index is 2.53. The lowest BCUT2D eigenvalue weighted by Gasteiger charge is -2.16. The van der Waals surface area contributed by atoms with Crippen LogP contribution in [0.15, 0.2) is 0 Å². The summed E-state index contributed by atoms with van der Waals surface area (Å²) in [4.78, 5) is 10.4. The molecule has 1 aliphatic rings. The highest BCUT2D eigenvalue weighted by molar-refractivity contribution is 14.3. The second-order valence-electron chi connectivity index (χ2n) is 1.71. The first-order chi connectivity index (χ1) is 4.50. The van der Waals surface area contributed by atoms with E-state index in [1.807, 2.05) is 0 Å². The molecule has 10 heavy (non-hydrogen) atoms. The molecule has 0 aromatic rings. The fourth-order valence-electron chi connectivity index (χ4n) is 0.489. The second-order valence-corrected chi connectivity index (χ2v) is 13.0. The average Bonchev–Trinajstić information content (AvgIpc) is 2.11. The van der Waals surface area contributed by atoms with E-state index in [4.69, 9.17) is 4.74 Å². The lowest BCUT2D eigenvalue weighted by atomic mass is 10.5. The molecule has 1 rings (SSSR count). The van der Waals surface area contributed by atoms with Crippen LogP contribution in [0.5, 0.6) is 0 Å². The van der Waals surface area contributed by atoms with Gasteiger partial charge in [0.2, 0.25) is 0 Å². The predicted octanol–water partition coefficient (Wildman–Crippen LogP) is 2.48. The number of hydrogen-bond donors (Lipinski definition) is 0. The Labute approximate surface area is 99.0 Å². The van der Waals surface area contributed by atoms with E-state index >= 15 is 0 Å². The van der Waals surface area contributed by atoms with Crippen molar-refractivity contribution < 1.29 is 14.3 Å². The minimum absolute atomic E-state index is 0.0978. The molecule has 0 amide bonds. The first kappa shape index (κ1) is 9.55. The zero-order valence-electron chi connectivity index (χ0n) is 4.64. The maximum Gasteiger partial charge on any atom is 0.508 e. The van der Waals surface area contributed by atoms with Crippen LogP contribution in [-0.4, -0.2) is 18.3 Å². The Morgan fingerprint density at radius 1 is 1.50 bits per heavy atom. The lowest BCUT2D eigenvalue weighted by Crippen LogP contribution is -2.25. The number of carbonyl (C=O) groups excluding carboxylic acids is 1. The highest BCUT2D eigenvalue weighted by Crippen LogP contribution is 2.42. The van der Waals surface area contributed by atoms with E-state index in [9.17, 15) is 4.79 Å². The van der Waals surface area contributed by atoms with Crippen LogP contribution in [0.3, 0.4) is 0 Å². The molecular formula is C4H3I3O3. The van der Waals surface area contributed by atoms with Crippen molar-refractivity contribution in [1.29, 1.82) is 0 Å². The van der Waals surface area contributed by atoms with Crippen LogP contribution in [0.25, 0.3) is 0 Å². The van der Waals surface area contributed by atoms with Crippen molar-refractivity contribution in [2.24, 2.45) is 0 Å². The molecule has 1 fully saturated rings. The van der Waals surface area contributed by atoms with Gasteiger partial charge in [-0.1, -0.05) is 67.8 Å². The third-order valence-corrected chi connectivity index (χ3v) is 3.04. The van der Waals surface area contributed by atoms with E-state index in [2.05, 4.69) is 72.5 Å². The highest BCUT2D eigenvalue weighted by Gasteiger charge is 2.39. The van der Waals surface area contributed by atoms with Gasteiger partial charge < -0.3 is 9.47 Å². The Bertz CT molecular complexity index is 152. The number of alkyl halides is 3. The molecule has 0 aliphatic carbocycles. The van der Waals surface area contributed by atoms with Gasteiger partial charge >= 0.3 is 6.16 Å². The summed E-state index contributed by atoms with van der Waals surface area (Å²) in [5.41, 5.74) is 0. The van der Waals surface area contributed by atoms with E-state index < -0.39 is 6.16 Å². The van der Waals surface area contributed by atoms with Crippen molar-refractivity contribution in [2.75, 3.05) is 6.61 Å². The van der Waals surface area contributed by atoms with E-state index in [1.165, 1.54) is 0 Å². The summed E-state index contributed by atoms with van der Waals surface area (Å²) in [6.45, 7) is 0.369. The third-order valence-electron chi connectivity index (χ3n) is 0.956. The fraction of sp³-hybridized carbons (Fsp3) is 0.750. The molecule has 0 radical (unpaired) electrons. The van der Waals surface area contributed by atoms with Crippen molar-refractivity contribution in [3.05, 3.63) is 0 Å². The van der Waals surface area contributed by atoms with Gasteiger partial charge in [-0.05, 0) is 0 Å². The summed E-state index contributed by atoms with van der Waals surface area (Å²) < 4.78 is 9.36. The first-order valence-electron chi connectivity index (χ1n) is 2.40. The molecule has 3 nitrogen and oxygen atoms in total. The zero-order chi connectivity index (χ0) is 7.78. The summed E-state index contributed by atoms with van der Waals surface area (Å²) in [6.07, 6.45) is -0.679. The zero-order valence-corrected chi connectivity index (χ0v) is 11.1. The Hall–Kier alpha value is 1.46. The van der Waals surface area contributed by atoms with E-state index in [0.717, 1.165) is 0 Å². The molecule has 1 saturated heterocycles. The standard InChI is InChI=1S/C4H3I3O3/c5-4(6,7)2-1-9-3(8)10-2/h2H,1H2. The maximum atomic E-state index is 10.4. The number of rotatable bonds is 1. The minimum atomic E-state index is -0.556. The van der Waals surface area contributed by atoms with Crippen LogP contribution in [-0.2, 0) is 9.47 Å². The van der Waals surface area contributed by atoms with E-state index in [0.29, 0.717) is 6.61 Å². The molecule has 1 atom stereocenters. The number of ether oxygens (including phenoxy) is 2. The van der Waals surface area contributed by atoms with Gasteiger partial charge in [-0.25, -0.2) is 4.79 Å². The molecule has 0 saturated carbocycles. The number of hydrogen-bond acceptors (Lipinski definition) is 3. The van der Waals surface area contributed by atoms with Gasteiger partial charge in [0.1, 0.15) is 6.61 Å². The van der Waals surface area contributed by atoms with Gasteiger partial charge in [0.25, 0.3) is 0 Å². The number of cyclic esters (lactones) is 2. The summed E-state index contributed by atoms with van der Waals surface area (Å²) in [7, 11) is 0. The number of halogens is 3. The van der Waals surface area contributed by atoms with Crippen LogP contribution in [0.2, 0.25) is 0 Å². The molecule has 1 aliphatic heterocycles. The van der Waals surface area contributed by atoms with Crippen molar-refractivity contribution >= 4 is 73.9 Å². The Kier molecular flexibility index (Phi) is 3.30. The summed E-state index contributed by atoms with van der Waals surface area (Å²) in [5, 5.41) is 0. The largest absolute Gasteiger partial charge is 0.508 e. The molecule has 0 aromatic heterocycles. The highest BCUT2D eigenvalue weighted by atomic mass is 127. The van der Waals surface area contributed by atoms with Gasteiger partial charge in [0, 0.05) is 0 Å². The van der Waals surface area contributed by atoms with Gasteiger partial charge in [-0.15, -0.1) is 0 Å². The van der Waals surface area contributed by atoms with Crippen LogP contribution in [0.1, 0.15) is 0 Å². The molecule has 0 bridgehead atoms. The summed E-state index contributed by atoms with van der Waals surface area (Å²) in [5.74, 6) is 0. The molecule has 0 spiro atoms. The lowest BCUT2D eigenvalue weighted by molar-refractivity contribution is 0.121. The molecule has 0 N–H and O–H groups in total. The predicted molar refractivity (Wildman–Crippen MR) is 61.0 cm³/mol. The summed E-state index contributed by atoms with van der Waals surface area (Å²) in [6, 6.07) is 0. The van der Waals surface area contributed by atoms with Gasteiger partial charge in [-0.3, -0.25) is 0 Å².